The number of β-amino-alcohol motifs (C(OH)–C–C–N with tert-alkyl or cyclic N) is 1. The fourth-order valence-corrected chi connectivity index (χ4v) is 3.13. The predicted molar refractivity (Wildman–Crippen MR) is 80.9 cm³/mol. The van der Waals surface area contributed by atoms with E-state index in [1.165, 1.54) is 0 Å². The zero-order chi connectivity index (χ0) is 15.9. The number of nitrogens with two attached hydrogens (primary N) is 1. The number of hydrogen-bond donors (Lipinski definition) is 4. The van der Waals surface area contributed by atoms with E-state index in [1.54, 1.807) is 17.0 Å². The molecule has 1 aromatic rings. The third-order valence-electron chi connectivity index (χ3n) is 4.27. The Morgan fingerprint density at radius 2 is 2.05 bits per heavy atom. The lowest BCUT2D eigenvalue weighted by Gasteiger charge is -2.26. The molecule has 0 aliphatic carbocycles. The first-order chi connectivity index (χ1) is 10.5. The van der Waals surface area contributed by atoms with Crippen LogP contribution in [0.5, 0.6) is 0 Å². The molecule has 8 nitrogen and oxygen atoms in total. The van der Waals surface area contributed by atoms with Crippen LogP contribution in [-0.4, -0.2) is 64.2 Å². The van der Waals surface area contributed by atoms with Gasteiger partial charge in [0.2, 0.25) is 0 Å². The molecule has 3 atom stereocenters. The SMILES string of the molecule is Nc1ccc(N2CCC(O)C2C(=O)O)nc1N1CCC(O)C1. The Hall–Kier alpha value is -2.06. The molecule has 0 saturated carbocycles. The fraction of sp³-hybridized carbons (Fsp3) is 0.571. The summed E-state index contributed by atoms with van der Waals surface area (Å²) in [6, 6.07) is 2.36. The average molecular weight is 308 g/mol. The summed E-state index contributed by atoms with van der Waals surface area (Å²) in [7, 11) is 0. The molecule has 2 fully saturated rings. The Labute approximate surface area is 127 Å². The highest BCUT2D eigenvalue weighted by Crippen LogP contribution is 2.31. The molecule has 3 unspecified atom stereocenters. The summed E-state index contributed by atoms with van der Waals surface area (Å²) in [6.45, 7) is 1.55. The summed E-state index contributed by atoms with van der Waals surface area (Å²) in [5, 5.41) is 28.8. The lowest BCUT2D eigenvalue weighted by Crippen LogP contribution is -2.42. The van der Waals surface area contributed by atoms with Gasteiger partial charge in [-0.15, -0.1) is 0 Å². The number of carbonyl (C=O) groups is 1. The maximum absolute atomic E-state index is 11.3. The highest BCUT2D eigenvalue weighted by atomic mass is 16.4. The smallest absolute Gasteiger partial charge is 0.329 e. The Morgan fingerprint density at radius 1 is 1.27 bits per heavy atom. The minimum atomic E-state index is -1.07. The molecular weight excluding hydrogens is 288 g/mol. The van der Waals surface area contributed by atoms with Gasteiger partial charge < -0.3 is 30.9 Å². The summed E-state index contributed by atoms with van der Waals surface area (Å²) < 4.78 is 0. The van der Waals surface area contributed by atoms with E-state index in [0.29, 0.717) is 49.8 Å². The van der Waals surface area contributed by atoms with Crippen LogP contribution in [0.2, 0.25) is 0 Å². The summed E-state index contributed by atoms with van der Waals surface area (Å²) in [4.78, 5) is 19.3. The molecule has 3 heterocycles. The minimum Gasteiger partial charge on any atom is -0.480 e. The van der Waals surface area contributed by atoms with E-state index in [9.17, 15) is 20.1 Å². The Bertz CT molecular complexity index is 582. The maximum Gasteiger partial charge on any atom is 0.329 e. The van der Waals surface area contributed by atoms with E-state index in [0.717, 1.165) is 0 Å². The second-order valence-electron chi connectivity index (χ2n) is 5.80. The molecule has 0 spiro atoms. The molecule has 2 aliphatic heterocycles. The standard InChI is InChI=1S/C14H20N4O4/c15-9-1-2-11(16-13(9)17-5-3-8(19)7-17)18-6-4-10(20)12(18)14(21)22/h1-2,8,10,12,19-20H,3-7,15H2,(H,21,22). The van der Waals surface area contributed by atoms with Crippen LogP contribution in [0.15, 0.2) is 12.1 Å². The van der Waals surface area contributed by atoms with E-state index in [-0.39, 0.29) is 0 Å². The number of pyridine rings is 1. The molecule has 3 rings (SSSR count). The second kappa shape index (κ2) is 5.62. The first kappa shape index (κ1) is 14.9. The quantitative estimate of drug-likeness (QED) is 0.576. The summed E-state index contributed by atoms with van der Waals surface area (Å²) in [5.41, 5.74) is 6.46. The van der Waals surface area contributed by atoms with Crippen LogP contribution >= 0.6 is 0 Å². The van der Waals surface area contributed by atoms with Gasteiger partial charge >= 0.3 is 5.97 Å². The molecule has 0 radical (unpaired) electrons. The zero-order valence-electron chi connectivity index (χ0n) is 12.1. The van der Waals surface area contributed by atoms with Crippen molar-refractivity contribution in [2.24, 2.45) is 0 Å². The van der Waals surface area contributed by atoms with Crippen molar-refractivity contribution in [3.05, 3.63) is 12.1 Å². The molecule has 8 heteroatoms. The maximum atomic E-state index is 11.3. The van der Waals surface area contributed by atoms with Gasteiger partial charge in [-0.25, -0.2) is 9.78 Å². The van der Waals surface area contributed by atoms with Crippen LogP contribution < -0.4 is 15.5 Å². The van der Waals surface area contributed by atoms with Crippen LogP contribution in [-0.2, 0) is 4.79 Å². The number of aliphatic hydroxyl groups excluding tert-OH is 2. The number of nitrogen functional groups attached to an aromatic ring is 1. The van der Waals surface area contributed by atoms with Crippen LogP contribution in [0.1, 0.15) is 12.8 Å². The number of aromatic nitrogens is 1. The van der Waals surface area contributed by atoms with E-state index in [1.807, 2.05) is 4.90 Å². The molecule has 0 bridgehead atoms. The summed E-state index contributed by atoms with van der Waals surface area (Å²) in [5.74, 6) is -0.0316. The van der Waals surface area contributed by atoms with Crippen LogP contribution in [0.25, 0.3) is 0 Å². The minimum absolute atomic E-state index is 0.390. The van der Waals surface area contributed by atoms with E-state index in [4.69, 9.17) is 5.73 Å². The topological polar surface area (TPSA) is 123 Å². The monoisotopic (exact) mass is 308 g/mol. The number of aliphatic carboxylic acids is 1. The van der Waals surface area contributed by atoms with Gasteiger partial charge in [0.25, 0.3) is 0 Å². The van der Waals surface area contributed by atoms with Gasteiger partial charge in [-0.2, -0.15) is 0 Å². The van der Waals surface area contributed by atoms with Crippen LogP contribution in [0, 0.1) is 0 Å². The zero-order valence-corrected chi connectivity index (χ0v) is 12.1. The first-order valence-electron chi connectivity index (χ1n) is 7.34. The van der Waals surface area contributed by atoms with Gasteiger partial charge in [0.05, 0.1) is 17.9 Å². The van der Waals surface area contributed by atoms with Gasteiger partial charge in [0.15, 0.2) is 11.9 Å². The molecule has 120 valence electrons. The summed E-state index contributed by atoms with van der Waals surface area (Å²) >= 11 is 0. The van der Waals surface area contributed by atoms with Crippen molar-refractivity contribution in [3.63, 3.8) is 0 Å². The van der Waals surface area contributed by atoms with Crippen molar-refractivity contribution in [2.75, 3.05) is 35.2 Å². The molecule has 1 aromatic heterocycles. The van der Waals surface area contributed by atoms with Crippen molar-refractivity contribution in [2.45, 2.75) is 31.1 Å². The van der Waals surface area contributed by atoms with Crippen molar-refractivity contribution < 1.29 is 20.1 Å². The number of carboxylic acids is 1. The van der Waals surface area contributed by atoms with Crippen LogP contribution in [0.3, 0.4) is 0 Å². The van der Waals surface area contributed by atoms with Gasteiger partial charge in [0, 0.05) is 19.6 Å². The number of carboxylic acid groups (broad SMARTS) is 1. The van der Waals surface area contributed by atoms with E-state index in [2.05, 4.69) is 4.98 Å². The lowest BCUT2D eigenvalue weighted by atomic mass is 10.2. The molecule has 22 heavy (non-hydrogen) atoms. The van der Waals surface area contributed by atoms with Gasteiger partial charge in [-0.1, -0.05) is 0 Å². The molecule has 0 aromatic carbocycles. The third-order valence-corrected chi connectivity index (χ3v) is 4.27. The largest absolute Gasteiger partial charge is 0.480 e. The van der Waals surface area contributed by atoms with Gasteiger partial charge in [0.1, 0.15) is 5.82 Å². The Morgan fingerprint density at radius 3 is 2.68 bits per heavy atom. The van der Waals surface area contributed by atoms with E-state index < -0.39 is 24.2 Å². The van der Waals surface area contributed by atoms with Crippen molar-refractivity contribution in [1.29, 1.82) is 0 Å². The molecule has 5 N–H and O–H groups in total. The predicted octanol–water partition coefficient (Wildman–Crippen LogP) is -0.741. The highest BCUT2D eigenvalue weighted by Gasteiger charge is 2.39. The lowest BCUT2D eigenvalue weighted by molar-refractivity contribution is -0.140. The number of rotatable bonds is 3. The van der Waals surface area contributed by atoms with Crippen molar-refractivity contribution in [1.82, 2.24) is 4.98 Å². The number of anilines is 3. The second-order valence-corrected chi connectivity index (χ2v) is 5.80. The Kier molecular flexibility index (Phi) is 3.79. The summed E-state index contributed by atoms with van der Waals surface area (Å²) in [6.07, 6.45) is -0.258. The van der Waals surface area contributed by atoms with Crippen LogP contribution in [0.4, 0.5) is 17.3 Å². The molecule has 2 saturated heterocycles. The van der Waals surface area contributed by atoms with E-state index >= 15 is 0 Å². The van der Waals surface area contributed by atoms with Crippen molar-refractivity contribution in [3.8, 4) is 0 Å². The fourth-order valence-electron chi connectivity index (χ4n) is 3.13. The average Bonchev–Trinajstić information content (AvgIpc) is 3.05. The third kappa shape index (κ3) is 2.55. The van der Waals surface area contributed by atoms with Gasteiger partial charge in [-0.05, 0) is 25.0 Å². The number of hydrogen-bond acceptors (Lipinski definition) is 7. The number of nitrogens with zero attached hydrogens (tertiary/aromatic N) is 3. The Balaban J connectivity index is 1.90. The number of aliphatic hydroxyl groups is 2. The molecule has 0 amide bonds. The molecular formula is C14H20N4O4. The molecule has 2 aliphatic rings. The first-order valence-corrected chi connectivity index (χ1v) is 7.34. The van der Waals surface area contributed by atoms with Crippen molar-refractivity contribution >= 4 is 23.3 Å². The van der Waals surface area contributed by atoms with Gasteiger partial charge in [-0.3, -0.25) is 0 Å². The highest BCUT2D eigenvalue weighted by molar-refractivity contribution is 5.80. The normalized spacial score (nSPS) is 28.4.